The van der Waals surface area contributed by atoms with Crippen LogP contribution >= 0.6 is 11.3 Å². The second-order valence-corrected chi connectivity index (χ2v) is 5.53. The summed E-state index contributed by atoms with van der Waals surface area (Å²) in [5.41, 5.74) is 10.1. The largest absolute Gasteiger partial charge is 0.326 e. The molecule has 0 aliphatic rings. The van der Waals surface area contributed by atoms with Crippen LogP contribution in [0.5, 0.6) is 0 Å². The first kappa shape index (κ1) is 11.6. The first-order chi connectivity index (χ1) is 7.67. The molecular formula is C14H19NS. The molecule has 0 atom stereocenters. The Morgan fingerprint density at radius 3 is 2.50 bits per heavy atom. The Morgan fingerprint density at radius 2 is 1.88 bits per heavy atom. The topological polar surface area (TPSA) is 26.0 Å². The van der Waals surface area contributed by atoms with Gasteiger partial charge in [0.05, 0.1) is 0 Å². The maximum atomic E-state index is 5.83. The van der Waals surface area contributed by atoms with Gasteiger partial charge in [0, 0.05) is 16.1 Å². The summed E-state index contributed by atoms with van der Waals surface area (Å²) in [4.78, 5) is 1.36. The van der Waals surface area contributed by atoms with Gasteiger partial charge in [0.15, 0.2) is 0 Å². The highest BCUT2D eigenvalue weighted by molar-refractivity contribution is 7.19. The van der Waals surface area contributed by atoms with Crippen molar-refractivity contribution in [2.24, 2.45) is 5.73 Å². The quantitative estimate of drug-likeness (QED) is 0.854. The van der Waals surface area contributed by atoms with E-state index in [1.165, 1.54) is 38.1 Å². The zero-order valence-electron chi connectivity index (χ0n) is 10.3. The van der Waals surface area contributed by atoms with Crippen molar-refractivity contribution >= 4 is 21.4 Å². The smallest absolute Gasteiger partial charge is 0.0351 e. The molecule has 1 heterocycles. The Labute approximate surface area is 101 Å². The molecule has 0 saturated heterocycles. The molecule has 0 amide bonds. The molecule has 16 heavy (non-hydrogen) atoms. The van der Waals surface area contributed by atoms with Crippen molar-refractivity contribution in [3.63, 3.8) is 0 Å². The van der Waals surface area contributed by atoms with Crippen LogP contribution in [0.4, 0.5) is 0 Å². The minimum Gasteiger partial charge on any atom is -0.326 e. The van der Waals surface area contributed by atoms with Gasteiger partial charge < -0.3 is 5.73 Å². The van der Waals surface area contributed by atoms with Crippen molar-refractivity contribution in [1.29, 1.82) is 0 Å². The number of hydrogen-bond donors (Lipinski definition) is 1. The van der Waals surface area contributed by atoms with Crippen molar-refractivity contribution in [2.45, 2.75) is 40.2 Å². The summed E-state index contributed by atoms with van der Waals surface area (Å²) in [7, 11) is 0. The van der Waals surface area contributed by atoms with Gasteiger partial charge >= 0.3 is 0 Å². The normalized spacial score (nSPS) is 11.2. The third-order valence-corrected chi connectivity index (χ3v) is 4.39. The molecule has 2 aromatic rings. The van der Waals surface area contributed by atoms with E-state index < -0.39 is 0 Å². The number of hydrogen-bond acceptors (Lipinski definition) is 2. The van der Waals surface area contributed by atoms with Crippen LogP contribution in [0.1, 0.15) is 34.9 Å². The van der Waals surface area contributed by atoms with Gasteiger partial charge in [-0.3, -0.25) is 0 Å². The Kier molecular flexibility index (Phi) is 3.31. The van der Waals surface area contributed by atoms with Crippen LogP contribution in [0.25, 0.3) is 10.1 Å². The number of aryl methyl sites for hydroxylation is 3. The lowest BCUT2D eigenvalue weighted by atomic mass is 10.0. The Morgan fingerprint density at radius 1 is 1.19 bits per heavy atom. The van der Waals surface area contributed by atoms with Crippen LogP contribution in [0.3, 0.4) is 0 Å². The highest BCUT2D eigenvalue weighted by Gasteiger charge is 2.11. The number of fused-ring (bicyclic) bond motifs is 1. The summed E-state index contributed by atoms with van der Waals surface area (Å²) < 4.78 is 1.40. The summed E-state index contributed by atoms with van der Waals surface area (Å²) in [5, 5.41) is 1.43. The van der Waals surface area contributed by atoms with Gasteiger partial charge in [-0.15, -0.1) is 11.3 Å². The molecule has 86 valence electrons. The predicted octanol–water partition coefficient (Wildman–Crippen LogP) is 3.93. The molecule has 0 spiro atoms. The molecule has 2 N–H and O–H groups in total. The molecular weight excluding hydrogens is 214 g/mol. The molecule has 2 rings (SSSR count). The number of thiophene rings is 1. The average Bonchev–Trinajstić information content (AvgIpc) is 2.58. The standard InChI is InChI=1S/C14H19NS/c1-4-5-11-12-6-9(2)10(3)7-13(12)16-14(11)8-15/h6-7H,4-5,8,15H2,1-3H3. The van der Waals surface area contributed by atoms with E-state index in [4.69, 9.17) is 5.73 Å². The van der Waals surface area contributed by atoms with Gasteiger partial charge in [-0.2, -0.15) is 0 Å². The number of benzene rings is 1. The minimum absolute atomic E-state index is 0.673. The van der Waals surface area contributed by atoms with Crippen LogP contribution in [0.15, 0.2) is 12.1 Å². The van der Waals surface area contributed by atoms with Crippen molar-refractivity contribution in [2.75, 3.05) is 0 Å². The van der Waals surface area contributed by atoms with E-state index in [1.54, 1.807) is 0 Å². The van der Waals surface area contributed by atoms with Gasteiger partial charge in [0.1, 0.15) is 0 Å². The zero-order valence-corrected chi connectivity index (χ0v) is 11.1. The number of nitrogens with two attached hydrogens (primary N) is 1. The monoisotopic (exact) mass is 233 g/mol. The second kappa shape index (κ2) is 4.56. The van der Waals surface area contributed by atoms with E-state index in [2.05, 4.69) is 32.9 Å². The molecule has 0 unspecified atom stereocenters. The lowest BCUT2D eigenvalue weighted by molar-refractivity contribution is 0.912. The van der Waals surface area contributed by atoms with Crippen LogP contribution in [0, 0.1) is 13.8 Å². The van der Waals surface area contributed by atoms with Crippen LogP contribution in [-0.2, 0) is 13.0 Å². The lowest BCUT2D eigenvalue weighted by Crippen LogP contribution is -1.97. The molecule has 1 nitrogen and oxygen atoms in total. The molecule has 0 saturated carbocycles. The first-order valence-electron chi connectivity index (χ1n) is 5.89. The third kappa shape index (κ3) is 1.87. The summed E-state index contributed by atoms with van der Waals surface area (Å²) in [6, 6.07) is 4.62. The Balaban J connectivity index is 2.69. The van der Waals surface area contributed by atoms with Crippen LogP contribution in [-0.4, -0.2) is 0 Å². The van der Waals surface area contributed by atoms with Crippen molar-refractivity contribution in [3.8, 4) is 0 Å². The highest BCUT2D eigenvalue weighted by atomic mass is 32.1. The summed E-state index contributed by atoms with van der Waals surface area (Å²) >= 11 is 1.86. The SMILES string of the molecule is CCCc1c(CN)sc2cc(C)c(C)cc12. The summed E-state index contributed by atoms with van der Waals surface area (Å²) in [6.45, 7) is 7.26. The van der Waals surface area contributed by atoms with Gasteiger partial charge in [-0.25, -0.2) is 0 Å². The zero-order chi connectivity index (χ0) is 11.7. The molecule has 0 radical (unpaired) electrons. The lowest BCUT2D eigenvalue weighted by Gasteiger charge is -2.03. The average molecular weight is 233 g/mol. The molecule has 0 bridgehead atoms. The number of rotatable bonds is 3. The Hall–Kier alpha value is -0.860. The fourth-order valence-electron chi connectivity index (χ4n) is 2.14. The van der Waals surface area contributed by atoms with E-state index in [0.29, 0.717) is 6.54 Å². The minimum atomic E-state index is 0.673. The third-order valence-electron chi connectivity index (χ3n) is 3.18. The molecule has 0 aliphatic heterocycles. The summed E-state index contributed by atoms with van der Waals surface area (Å²) in [5.74, 6) is 0. The second-order valence-electron chi connectivity index (χ2n) is 4.39. The van der Waals surface area contributed by atoms with Crippen molar-refractivity contribution in [1.82, 2.24) is 0 Å². The first-order valence-corrected chi connectivity index (χ1v) is 6.70. The maximum Gasteiger partial charge on any atom is 0.0351 e. The van der Waals surface area contributed by atoms with E-state index in [-0.39, 0.29) is 0 Å². The van der Waals surface area contributed by atoms with Crippen molar-refractivity contribution in [3.05, 3.63) is 33.7 Å². The fraction of sp³-hybridized carbons (Fsp3) is 0.429. The van der Waals surface area contributed by atoms with E-state index >= 15 is 0 Å². The van der Waals surface area contributed by atoms with E-state index in [1.807, 2.05) is 11.3 Å². The van der Waals surface area contributed by atoms with Crippen molar-refractivity contribution < 1.29 is 0 Å². The molecule has 1 aromatic heterocycles. The fourth-order valence-corrected chi connectivity index (χ4v) is 3.36. The van der Waals surface area contributed by atoms with Crippen LogP contribution < -0.4 is 5.73 Å². The molecule has 0 fully saturated rings. The van der Waals surface area contributed by atoms with Gasteiger partial charge in [-0.05, 0) is 48.4 Å². The van der Waals surface area contributed by atoms with E-state index in [0.717, 1.165) is 6.42 Å². The maximum absolute atomic E-state index is 5.83. The molecule has 0 aliphatic carbocycles. The highest BCUT2D eigenvalue weighted by Crippen LogP contribution is 2.33. The molecule has 2 heteroatoms. The Bertz CT molecular complexity index is 511. The van der Waals surface area contributed by atoms with E-state index in [9.17, 15) is 0 Å². The van der Waals surface area contributed by atoms with Gasteiger partial charge in [0.2, 0.25) is 0 Å². The molecule has 1 aromatic carbocycles. The van der Waals surface area contributed by atoms with Crippen LogP contribution in [0.2, 0.25) is 0 Å². The van der Waals surface area contributed by atoms with Gasteiger partial charge in [0.25, 0.3) is 0 Å². The van der Waals surface area contributed by atoms with Gasteiger partial charge in [-0.1, -0.05) is 19.4 Å². The summed E-state index contributed by atoms with van der Waals surface area (Å²) in [6.07, 6.45) is 2.33. The predicted molar refractivity (Wildman–Crippen MR) is 73.2 cm³/mol.